The maximum absolute atomic E-state index is 14.1. The van der Waals surface area contributed by atoms with Crippen LogP contribution in [0.4, 0.5) is 13.2 Å². The molecule has 0 saturated heterocycles. The molecule has 0 bridgehead atoms. The SMILES string of the molecule is CC(C)(C)OC(=O)CC[C@]1(C(=O)NNCc2cccc(C(F)(F)F)c2)N=C(c2ccc(OCCCO)cc2)O[C@H]1c1ccccc1. The Morgan fingerprint density at radius 1 is 1.00 bits per heavy atom. The van der Waals surface area contributed by atoms with Gasteiger partial charge in [0.2, 0.25) is 5.90 Å². The number of hydrazine groups is 1. The number of halogens is 3. The average molecular weight is 642 g/mol. The molecule has 4 rings (SSSR count). The van der Waals surface area contributed by atoms with E-state index in [0.717, 1.165) is 12.1 Å². The zero-order valence-electron chi connectivity index (χ0n) is 25.9. The molecule has 0 aliphatic carbocycles. The molecule has 46 heavy (non-hydrogen) atoms. The number of esters is 1. The number of nitrogens with one attached hydrogen (secondary N) is 2. The molecule has 3 aromatic carbocycles. The number of hydrogen-bond donors (Lipinski definition) is 3. The Balaban J connectivity index is 1.65. The van der Waals surface area contributed by atoms with E-state index >= 15 is 0 Å². The smallest absolute Gasteiger partial charge is 0.416 e. The van der Waals surface area contributed by atoms with E-state index in [1.807, 2.05) is 6.07 Å². The summed E-state index contributed by atoms with van der Waals surface area (Å²) in [5, 5.41) is 9.01. The number of carbonyl (C=O) groups excluding carboxylic acids is 2. The first kappa shape index (κ1) is 34.5. The minimum absolute atomic E-state index is 0.00580. The fraction of sp³-hybridized carbons (Fsp3) is 0.382. The summed E-state index contributed by atoms with van der Waals surface area (Å²) in [5.41, 5.74) is 3.59. The fourth-order valence-corrected chi connectivity index (χ4v) is 4.88. The third-order valence-corrected chi connectivity index (χ3v) is 7.01. The lowest BCUT2D eigenvalue weighted by molar-refractivity contribution is -0.155. The van der Waals surface area contributed by atoms with Gasteiger partial charge in [-0.25, -0.2) is 10.4 Å². The van der Waals surface area contributed by atoms with E-state index in [0.29, 0.717) is 35.5 Å². The van der Waals surface area contributed by atoms with Crippen LogP contribution in [0.1, 0.15) is 68.4 Å². The number of aliphatic imine (C=N–C) groups is 1. The molecule has 1 aliphatic heterocycles. The topological polar surface area (TPSA) is 118 Å². The fourth-order valence-electron chi connectivity index (χ4n) is 4.88. The maximum Gasteiger partial charge on any atom is 0.416 e. The van der Waals surface area contributed by atoms with Gasteiger partial charge in [-0.15, -0.1) is 0 Å². The Kier molecular flexibility index (Phi) is 11.1. The van der Waals surface area contributed by atoms with Crippen LogP contribution in [0.5, 0.6) is 5.75 Å². The van der Waals surface area contributed by atoms with Crippen molar-refractivity contribution in [2.45, 2.75) is 70.0 Å². The Bertz CT molecular complexity index is 1510. The lowest BCUT2D eigenvalue weighted by atomic mass is 9.83. The summed E-state index contributed by atoms with van der Waals surface area (Å²) in [4.78, 5) is 31.8. The Labute approximate surface area is 265 Å². The molecule has 2 atom stereocenters. The second-order valence-corrected chi connectivity index (χ2v) is 11.8. The minimum atomic E-state index is -4.51. The lowest BCUT2D eigenvalue weighted by Gasteiger charge is -2.31. The number of benzene rings is 3. The van der Waals surface area contributed by atoms with Gasteiger partial charge in [-0.05, 0) is 68.7 Å². The van der Waals surface area contributed by atoms with Gasteiger partial charge in [0.15, 0.2) is 11.6 Å². The van der Waals surface area contributed by atoms with E-state index < -0.39 is 40.9 Å². The quantitative estimate of drug-likeness (QED) is 0.125. The number of nitrogens with zero attached hydrogens (tertiary/aromatic N) is 1. The van der Waals surface area contributed by atoms with E-state index in [1.165, 1.54) is 12.1 Å². The molecule has 9 nitrogen and oxygen atoms in total. The Hall–Kier alpha value is -4.42. The molecule has 0 radical (unpaired) electrons. The summed E-state index contributed by atoms with van der Waals surface area (Å²) in [6, 6.07) is 20.6. The van der Waals surface area contributed by atoms with Crippen LogP contribution in [0, 0.1) is 0 Å². The zero-order chi connectivity index (χ0) is 33.4. The Morgan fingerprint density at radius 2 is 1.72 bits per heavy atom. The van der Waals surface area contributed by atoms with Gasteiger partial charge in [0.1, 0.15) is 11.4 Å². The summed E-state index contributed by atoms with van der Waals surface area (Å²) in [5.74, 6) is -0.441. The minimum Gasteiger partial charge on any atom is -0.494 e. The van der Waals surface area contributed by atoms with Crippen molar-refractivity contribution in [1.29, 1.82) is 0 Å². The van der Waals surface area contributed by atoms with Gasteiger partial charge in [0.25, 0.3) is 5.91 Å². The molecule has 3 aromatic rings. The van der Waals surface area contributed by atoms with Crippen molar-refractivity contribution in [1.82, 2.24) is 10.9 Å². The number of rotatable bonds is 13. The van der Waals surface area contributed by atoms with Gasteiger partial charge in [-0.2, -0.15) is 13.2 Å². The van der Waals surface area contributed by atoms with Crippen LogP contribution < -0.4 is 15.6 Å². The van der Waals surface area contributed by atoms with Gasteiger partial charge >= 0.3 is 12.1 Å². The van der Waals surface area contributed by atoms with Gasteiger partial charge < -0.3 is 19.3 Å². The van der Waals surface area contributed by atoms with Gasteiger partial charge in [0, 0.05) is 31.6 Å². The van der Waals surface area contributed by atoms with Crippen molar-refractivity contribution in [3.63, 3.8) is 0 Å². The zero-order valence-corrected chi connectivity index (χ0v) is 25.9. The predicted octanol–water partition coefficient (Wildman–Crippen LogP) is 5.67. The first-order valence-electron chi connectivity index (χ1n) is 14.9. The number of amides is 1. The van der Waals surface area contributed by atoms with Crippen LogP contribution in [0.15, 0.2) is 83.9 Å². The lowest BCUT2D eigenvalue weighted by Crippen LogP contribution is -2.52. The number of ether oxygens (including phenoxy) is 3. The summed E-state index contributed by atoms with van der Waals surface area (Å²) in [6.45, 7) is 5.46. The van der Waals surface area contributed by atoms with E-state index in [-0.39, 0.29) is 31.9 Å². The van der Waals surface area contributed by atoms with Crippen molar-refractivity contribution >= 4 is 17.8 Å². The monoisotopic (exact) mass is 641 g/mol. The van der Waals surface area contributed by atoms with Gasteiger partial charge in [0.05, 0.1) is 12.2 Å². The number of carbonyl (C=O) groups is 2. The van der Waals surface area contributed by atoms with Crippen molar-refractivity contribution in [3.05, 3.63) is 101 Å². The van der Waals surface area contributed by atoms with Crippen LogP contribution in [0.3, 0.4) is 0 Å². The molecule has 1 amide bonds. The van der Waals surface area contributed by atoms with E-state index in [1.54, 1.807) is 69.3 Å². The molecule has 1 heterocycles. The number of hydrogen-bond acceptors (Lipinski definition) is 8. The number of alkyl halides is 3. The number of aliphatic hydroxyl groups is 1. The molecule has 0 aromatic heterocycles. The highest BCUT2D eigenvalue weighted by Crippen LogP contribution is 2.43. The highest BCUT2D eigenvalue weighted by atomic mass is 19.4. The van der Waals surface area contributed by atoms with Crippen LogP contribution in [-0.2, 0) is 31.8 Å². The first-order valence-corrected chi connectivity index (χ1v) is 14.9. The summed E-state index contributed by atoms with van der Waals surface area (Å²) in [7, 11) is 0. The molecule has 246 valence electrons. The van der Waals surface area contributed by atoms with Crippen molar-refractivity contribution in [2.75, 3.05) is 13.2 Å². The predicted molar refractivity (Wildman–Crippen MR) is 165 cm³/mol. The highest BCUT2D eigenvalue weighted by molar-refractivity contribution is 6.01. The molecule has 0 fully saturated rings. The molecule has 3 N–H and O–H groups in total. The molecular weight excluding hydrogens is 603 g/mol. The third kappa shape index (κ3) is 9.07. The Morgan fingerprint density at radius 3 is 2.37 bits per heavy atom. The third-order valence-electron chi connectivity index (χ3n) is 7.01. The molecule has 12 heteroatoms. The molecule has 1 aliphatic rings. The van der Waals surface area contributed by atoms with Crippen LogP contribution in [0.25, 0.3) is 0 Å². The van der Waals surface area contributed by atoms with Gasteiger partial charge in [-0.1, -0.05) is 48.5 Å². The number of aliphatic hydroxyl groups excluding tert-OH is 1. The molecule has 0 unspecified atom stereocenters. The molecule has 0 saturated carbocycles. The maximum atomic E-state index is 14.1. The average Bonchev–Trinajstić information content (AvgIpc) is 3.41. The summed E-state index contributed by atoms with van der Waals surface area (Å²) in [6.07, 6.45) is -5.25. The first-order chi connectivity index (χ1) is 21.8. The molecular formula is C34H38F3N3O6. The second kappa shape index (κ2) is 14.8. The largest absolute Gasteiger partial charge is 0.494 e. The normalized spacial score (nSPS) is 18.0. The standard InChI is InChI=1S/C34H38F3N3O6/c1-32(2,3)46-28(42)17-18-33(31(43)40-38-22-23-9-7-12-26(21-23)34(35,36)37)29(24-10-5-4-6-11-24)45-30(39-33)25-13-15-27(16-14-25)44-20-8-19-41/h4-7,9-16,21,29,38,41H,8,17-20,22H2,1-3H3,(H,40,43)/t29-,33-/m0/s1. The second-order valence-electron chi connectivity index (χ2n) is 11.8. The van der Waals surface area contributed by atoms with Crippen LogP contribution in [-0.4, -0.2) is 47.2 Å². The molecule has 0 spiro atoms. The van der Waals surface area contributed by atoms with Crippen molar-refractivity contribution in [2.24, 2.45) is 4.99 Å². The van der Waals surface area contributed by atoms with Crippen molar-refractivity contribution in [3.8, 4) is 5.75 Å². The summed E-state index contributed by atoms with van der Waals surface area (Å²) >= 11 is 0. The van der Waals surface area contributed by atoms with E-state index in [4.69, 9.17) is 24.3 Å². The van der Waals surface area contributed by atoms with Crippen LogP contribution >= 0.6 is 0 Å². The van der Waals surface area contributed by atoms with E-state index in [9.17, 15) is 22.8 Å². The van der Waals surface area contributed by atoms with Crippen LogP contribution in [0.2, 0.25) is 0 Å². The van der Waals surface area contributed by atoms with E-state index in [2.05, 4.69) is 10.9 Å². The summed E-state index contributed by atoms with van der Waals surface area (Å²) < 4.78 is 57.2. The van der Waals surface area contributed by atoms with Crippen molar-refractivity contribution < 1.29 is 42.1 Å². The highest BCUT2D eigenvalue weighted by Gasteiger charge is 2.53. The van der Waals surface area contributed by atoms with Gasteiger partial charge in [-0.3, -0.25) is 15.0 Å².